The Morgan fingerprint density at radius 2 is 2.14 bits per heavy atom. The number of likely N-dealkylation sites (N-methyl/N-ethyl adjacent to an activating group) is 1. The largest absolute Gasteiger partial charge is 0.443 e. The molecule has 13 heteroatoms. The van der Waals surface area contributed by atoms with Crippen LogP contribution >= 0.6 is 0 Å². The molecule has 2 aliphatic heterocycles. The van der Waals surface area contributed by atoms with Gasteiger partial charge in [-0.3, -0.25) is 0 Å². The lowest BCUT2D eigenvalue weighted by Gasteiger charge is -2.26. The number of hydrogen-bond acceptors (Lipinski definition) is 7. The van der Waals surface area contributed by atoms with E-state index in [0.29, 0.717) is 5.70 Å². The number of hydrogen-bond donors (Lipinski definition) is 2. The van der Waals surface area contributed by atoms with Crippen molar-refractivity contribution < 1.29 is 25.6 Å². The van der Waals surface area contributed by atoms with Gasteiger partial charge in [0.15, 0.2) is 5.70 Å². The van der Waals surface area contributed by atoms with Crippen molar-refractivity contribution in [1.29, 1.82) is 0 Å². The quantitative estimate of drug-likeness (QED) is 0.534. The maximum atomic E-state index is 12.9. The third-order valence-corrected chi connectivity index (χ3v) is 4.73. The van der Waals surface area contributed by atoms with Gasteiger partial charge >= 0.3 is 16.9 Å². The molecule has 0 saturated heterocycles. The highest BCUT2D eigenvalue weighted by Crippen LogP contribution is 2.35. The molecule has 3 heterocycles. The standard InChI is InChI=1S/C8H9F2N7O3S/c1-17(21(18,19)20)5-3-11-2-4(5)12-7(17)6-13-14-15-16(6)8(9)10/h8,11H,2-3H2,1H3/p+1. The number of rotatable bonds is 3. The molecule has 0 bridgehead atoms. The zero-order valence-electron chi connectivity index (χ0n) is 10.6. The maximum Gasteiger partial charge on any atom is 0.443 e. The van der Waals surface area contributed by atoms with E-state index in [2.05, 4.69) is 25.8 Å². The molecule has 0 radical (unpaired) electrons. The summed E-state index contributed by atoms with van der Waals surface area (Å²) in [7, 11) is -3.59. The first-order valence-corrected chi connectivity index (χ1v) is 7.09. The van der Waals surface area contributed by atoms with Gasteiger partial charge in [-0.2, -0.15) is 18.5 Å². The van der Waals surface area contributed by atoms with E-state index in [-0.39, 0.29) is 29.3 Å². The summed E-state index contributed by atoms with van der Waals surface area (Å²) in [4.78, 5) is 4.03. The Morgan fingerprint density at radius 1 is 1.43 bits per heavy atom. The SMILES string of the molecule is C[N+]1(S(=O)(=O)O)C(c2nnnn2C(F)F)=NC2=C1CNC2. The average molecular weight is 322 g/mol. The lowest BCUT2D eigenvalue weighted by molar-refractivity contribution is -0.643. The minimum atomic E-state index is -4.72. The molecule has 0 fully saturated rings. The van der Waals surface area contributed by atoms with Crippen LogP contribution in [-0.4, -0.2) is 63.0 Å². The molecule has 1 aromatic rings. The molecule has 2 N–H and O–H groups in total. The molecule has 21 heavy (non-hydrogen) atoms. The molecule has 10 nitrogen and oxygen atoms in total. The first-order valence-electron chi connectivity index (χ1n) is 5.70. The second-order valence-corrected chi connectivity index (χ2v) is 6.16. The molecule has 0 amide bonds. The summed E-state index contributed by atoms with van der Waals surface area (Å²) in [5.74, 6) is -0.881. The van der Waals surface area contributed by atoms with Crippen molar-refractivity contribution >= 4 is 16.1 Å². The first kappa shape index (κ1) is 14.1. The van der Waals surface area contributed by atoms with E-state index in [4.69, 9.17) is 0 Å². The van der Waals surface area contributed by atoms with Gasteiger partial charge in [0, 0.05) is 6.54 Å². The van der Waals surface area contributed by atoms with Crippen molar-refractivity contribution in [3.8, 4) is 0 Å². The van der Waals surface area contributed by atoms with Crippen LogP contribution in [0.4, 0.5) is 8.78 Å². The van der Waals surface area contributed by atoms with E-state index < -0.39 is 26.6 Å². The van der Waals surface area contributed by atoms with Gasteiger partial charge in [0.05, 0.1) is 13.6 Å². The fourth-order valence-corrected chi connectivity index (χ4v) is 3.11. The average Bonchev–Trinajstić information content (AvgIpc) is 3.04. The Balaban J connectivity index is 2.21. The Morgan fingerprint density at radius 3 is 2.76 bits per heavy atom. The van der Waals surface area contributed by atoms with Crippen LogP contribution in [0.1, 0.15) is 12.4 Å². The summed E-state index contributed by atoms with van der Waals surface area (Å²) >= 11 is 0. The monoisotopic (exact) mass is 322 g/mol. The topological polar surface area (TPSA) is 122 Å². The second-order valence-electron chi connectivity index (χ2n) is 4.53. The molecule has 1 aromatic heterocycles. The molecule has 0 saturated carbocycles. The Hall–Kier alpha value is -1.83. The lowest BCUT2D eigenvalue weighted by Crippen LogP contribution is -2.53. The molecule has 2 aliphatic rings. The molecule has 1 atom stereocenters. The van der Waals surface area contributed by atoms with Crippen molar-refractivity contribution in [1.82, 2.24) is 25.5 Å². The molecule has 0 aliphatic carbocycles. The fourth-order valence-electron chi connectivity index (χ4n) is 2.32. The molecule has 114 valence electrons. The van der Waals surface area contributed by atoms with Crippen molar-refractivity contribution in [3.63, 3.8) is 0 Å². The minimum Gasteiger partial charge on any atom is -0.302 e. The third-order valence-electron chi connectivity index (χ3n) is 3.42. The van der Waals surface area contributed by atoms with Crippen molar-refractivity contribution in [2.24, 2.45) is 4.99 Å². The summed E-state index contributed by atoms with van der Waals surface area (Å²) < 4.78 is 57.9. The van der Waals surface area contributed by atoms with E-state index in [0.717, 1.165) is 7.05 Å². The zero-order valence-corrected chi connectivity index (χ0v) is 11.4. The minimum absolute atomic E-state index is 0.148. The summed E-state index contributed by atoms with van der Waals surface area (Å²) in [6, 6.07) is 0. The molecular formula is C8H10F2N7O3S+. The van der Waals surface area contributed by atoms with Crippen molar-refractivity contribution in [2.75, 3.05) is 20.1 Å². The number of halogens is 2. The van der Waals surface area contributed by atoms with E-state index in [9.17, 15) is 21.8 Å². The van der Waals surface area contributed by atoms with Gasteiger partial charge in [0.1, 0.15) is 5.70 Å². The van der Waals surface area contributed by atoms with Gasteiger partial charge < -0.3 is 5.32 Å². The second kappa shape index (κ2) is 4.33. The highest BCUT2D eigenvalue weighted by Gasteiger charge is 2.56. The molecule has 3 rings (SSSR count). The predicted molar refractivity (Wildman–Crippen MR) is 63.2 cm³/mol. The predicted octanol–water partition coefficient (Wildman–Crippen LogP) is -1.11. The molecule has 1 unspecified atom stereocenters. The van der Waals surface area contributed by atoms with E-state index in [1.165, 1.54) is 0 Å². The van der Waals surface area contributed by atoms with Crippen LogP contribution in [0.2, 0.25) is 0 Å². The maximum absolute atomic E-state index is 12.9. The number of aliphatic imine (C=N–C) groups is 1. The number of nitrogens with one attached hydrogen (secondary N) is 1. The van der Waals surface area contributed by atoms with Crippen LogP contribution in [0.15, 0.2) is 16.4 Å². The van der Waals surface area contributed by atoms with Crippen LogP contribution in [0, 0.1) is 0 Å². The zero-order chi connectivity index (χ0) is 15.4. The number of quaternary nitrogens is 1. The Bertz CT molecular complexity index is 771. The smallest absolute Gasteiger partial charge is 0.302 e. The van der Waals surface area contributed by atoms with Gasteiger partial charge in [0.2, 0.25) is 0 Å². The van der Waals surface area contributed by atoms with Crippen molar-refractivity contribution in [2.45, 2.75) is 6.55 Å². The van der Waals surface area contributed by atoms with Gasteiger partial charge in [0.25, 0.3) is 11.7 Å². The fraction of sp³-hybridized carbons (Fsp3) is 0.500. The van der Waals surface area contributed by atoms with E-state index >= 15 is 0 Å². The third kappa shape index (κ3) is 1.81. The van der Waals surface area contributed by atoms with Crippen LogP contribution in [-0.2, 0) is 10.3 Å². The molecular weight excluding hydrogens is 312 g/mol. The molecule has 0 spiro atoms. The van der Waals surface area contributed by atoms with Gasteiger partial charge in [-0.15, -0.1) is 17.4 Å². The van der Waals surface area contributed by atoms with Gasteiger partial charge in [-0.1, -0.05) is 0 Å². The Labute approximate surface area is 117 Å². The normalized spacial score (nSPS) is 25.7. The first-order chi connectivity index (χ1) is 9.76. The van der Waals surface area contributed by atoms with Crippen LogP contribution in [0.5, 0.6) is 0 Å². The number of alkyl halides is 2. The Kier molecular flexibility index (Phi) is 2.91. The molecule has 0 aromatic carbocycles. The van der Waals surface area contributed by atoms with Crippen LogP contribution < -0.4 is 5.32 Å². The highest BCUT2D eigenvalue weighted by molar-refractivity contribution is 7.80. The number of tetrazole rings is 1. The lowest BCUT2D eigenvalue weighted by atomic mass is 10.4. The summed E-state index contributed by atoms with van der Waals surface area (Å²) in [5.41, 5.74) is 0.602. The summed E-state index contributed by atoms with van der Waals surface area (Å²) in [6.45, 7) is -2.66. The van der Waals surface area contributed by atoms with Gasteiger partial charge in [-0.05, 0) is 10.4 Å². The van der Waals surface area contributed by atoms with E-state index in [1.807, 2.05) is 0 Å². The van der Waals surface area contributed by atoms with E-state index in [1.54, 1.807) is 0 Å². The highest BCUT2D eigenvalue weighted by atomic mass is 32.2. The number of amidine groups is 1. The number of nitrogens with zero attached hydrogens (tertiary/aromatic N) is 6. The van der Waals surface area contributed by atoms with Gasteiger partial charge in [-0.25, -0.2) is 4.55 Å². The summed E-state index contributed by atoms with van der Waals surface area (Å²) in [5, 5.41) is 12.5. The van der Waals surface area contributed by atoms with Crippen molar-refractivity contribution in [3.05, 3.63) is 17.2 Å². The van der Waals surface area contributed by atoms with Crippen LogP contribution in [0.25, 0.3) is 0 Å². The number of aromatic nitrogens is 4. The van der Waals surface area contributed by atoms with Crippen LogP contribution in [0.3, 0.4) is 0 Å². The summed E-state index contributed by atoms with van der Waals surface area (Å²) in [6.07, 6.45) is 0.